The fraction of sp³-hybridized carbons (Fsp3) is 0.375. The van der Waals surface area contributed by atoms with E-state index < -0.39 is 0 Å². The number of rotatable bonds is 5. The Morgan fingerprint density at radius 1 is 1.27 bits per heavy atom. The number of nitrogens with one attached hydrogen (secondary N) is 3. The monoisotopic (exact) mass is 300 g/mol. The van der Waals surface area contributed by atoms with Crippen molar-refractivity contribution < 1.29 is 9.53 Å². The summed E-state index contributed by atoms with van der Waals surface area (Å²) in [5.41, 5.74) is 3.12. The zero-order valence-electron chi connectivity index (χ0n) is 12.3. The first-order valence-electron chi connectivity index (χ1n) is 7.49. The predicted molar refractivity (Wildman–Crippen MR) is 83.2 cm³/mol. The van der Waals surface area contributed by atoms with E-state index in [1.165, 1.54) is 0 Å². The van der Waals surface area contributed by atoms with Gasteiger partial charge in [0.15, 0.2) is 0 Å². The lowest BCUT2D eigenvalue weighted by Crippen LogP contribution is -2.38. The zero-order chi connectivity index (χ0) is 15.2. The highest BCUT2D eigenvalue weighted by Crippen LogP contribution is 2.16. The molecule has 1 atom stereocenters. The van der Waals surface area contributed by atoms with Crippen molar-refractivity contribution in [2.24, 2.45) is 5.92 Å². The number of aromatic amines is 1. The molecular weight excluding hydrogens is 280 g/mol. The van der Waals surface area contributed by atoms with Crippen LogP contribution in [0.5, 0.6) is 0 Å². The van der Waals surface area contributed by atoms with Gasteiger partial charge in [-0.25, -0.2) is 4.79 Å². The SMILES string of the molecule is O=C(NCc1ccc(-c2ccn[nH]2)cc1)NCC1CCOC1. The number of carbonyl (C=O) groups is 1. The van der Waals surface area contributed by atoms with Crippen LogP contribution in [0.3, 0.4) is 0 Å². The summed E-state index contributed by atoms with van der Waals surface area (Å²) < 4.78 is 5.28. The average Bonchev–Trinajstić information content (AvgIpc) is 3.24. The molecule has 1 fully saturated rings. The Kier molecular flexibility index (Phi) is 4.70. The predicted octanol–water partition coefficient (Wildman–Crippen LogP) is 1.91. The second-order valence-corrected chi connectivity index (χ2v) is 5.46. The van der Waals surface area contributed by atoms with Gasteiger partial charge in [-0.3, -0.25) is 5.10 Å². The van der Waals surface area contributed by atoms with E-state index in [0.717, 1.165) is 36.5 Å². The molecule has 3 N–H and O–H groups in total. The largest absolute Gasteiger partial charge is 0.381 e. The maximum absolute atomic E-state index is 11.8. The van der Waals surface area contributed by atoms with Crippen LogP contribution in [-0.2, 0) is 11.3 Å². The summed E-state index contributed by atoms with van der Waals surface area (Å²) in [5, 5.41) is 12.6. The first-order chi connectivity index (χ1) is 10.8. The number of H-pyrrole nitrogens is 1. The normalized spacial score (nSPS) is 17.4. The Morgan fingerprint density at radius 3 is 2.82 bits per heavy atom. The van der Waals surface area contributed by atoms with Gasteiger partial charge >= 0.3 is 6.03 Å². The molecule has 2 amide bonds. The fourth-order valence-corrected chi connectivity index (χ4v) is 2.45. The smallest absolute Gasteiger partial charge is 0.315 e. The number of hydrogen-bond donors (Lipinski definition) is 3. The lowest BCUT2D eigenvalue weighted by Gasteiger charge is -2.11. The van der Waals surface area contributed by atoms with Gasteiger partial charge in [0.1, 0.15) is 0 Å². The Hall–Kier alpha value is -2.34. The first kappa shape index (κ1) is 14.6. The highest BCUT2D eigenvalue weighted by Gasteiger charge is 2.15. The molecule has 0 bridgehead atoms. The van der Waals surface area contributed by atoms with Gasteiger partial charge in [-0.2, -0.15) is 5.10 Å². The lowest BCUT2D eigenvalue weighted by atomic mass is 10.1. The minimum absolute atomic E-state index is 0.135. The van der Waals surface area contributed by atoms with Gasteiger partial charge in [0, 0.05) is 31.8 Å². The van der Waals surface area contributed by atoms with E-state index in [-0.39, 0.29) is 6.03 Å². The number of hydrogen-bond acceptors (Lipinski definition) is 3. The number of urea groups is 1. The van der Waals surface area contributed by atoms with Crippen LogP contribution in [0.4, 0.5) is 4.79 Å². The van der Waals surface area contributed by atoms with E-state index in [2.05, 4.69) is 20.8 Å². The number of benzene rings is 1. The van der Waals surface area contributed by atoms with E-state index in [1.54, 1.807) is 6.20 Å². The van der Waals surface area contributed by atoms with Crippen molar-refractivity contribution in [3.8, 4) is 11.3 Å². The quantitative estimate of drug-likeness (QED) is 0.789. The molecule has 6 nitrogen and oxygen atoms in total. The second kappa shape index (κ2) is 7.09. The minimum Gasteiger partial charge on any atom is -0.381 e. The molecule has 116 valence electrons. The summed E-state index contributed by atoms with van der Waals surface area (Å²) in [6.07, 6.45) is 2.75. The summed E-state index contributed by atoms with van der Waals surface area (Å²) >= 11 is 0. The van der Waals surface area contributed by atoms with Crippen molar-refractivity contribution >= 4 is 6.03 Å². The van der Waals surface area contributed by atoms with Gasteiger partial charge in [0.2, 0.25) is 0 Å². The Labute approximate surface area is 129 Å². The van der Waals surface area contributed by atoms with Crippen molar-refractivity contribution in [1.29, 1.82) is 0 Å². The van der Waals surface area contributed by atoms with Crippen molar-refractivity contribution in [3.63, 3.8) is 0 Å². The fourth-order valence-electron chi connectivity index (χ4n) is 2.45. The third-order valence-electron chi connectivity index (χ3n) is 3.79. The molecule has 22 heavy (non-hydrogen) atoms. The summed E-state index contributed by atoms with van der Waals surface area (Å²) in [6, 6.07) is 9.82. The van der Waals surface area contributed by atoms with Crippen LogP contribution in [0, 0.1) is 5.92 Å². The van der Waals surface area contributed by atoms with Gasteiger partial charge in [-0.05, 0) is 23.6 Å². The van der Waals surface area contributed by atoms with Gasteiger partial charge in [-0.15, -0.1) is 0 Å². The Balaban J connectivity index is 1.43. The summed E-state index contributed by atoms with van der Waals surface area (Å²) in [7, 11) is 0. The maximum atomic E-state index is 11.8. The number of ether oxygens (including phenoxy) is 1. The highest BCUT2D eigenvalue weighted by atomic mass is 16.5. The Bertz CT molecular complexity index is 589. The number of aromatic nitrogens is 2. The van der Waals surface area contributed by atoms with Gasteiger partial charge in [0.05, 0.1) is 12.3 Å². The van der Waals surface area contributed by atoms with E-state index in [0.29, 0.717) is 19.0 Å². The van der Waals surface area contributed by atoms with Crippen LogP contribution in [0.1, 0.15) is 12.0 Å². The molecule has 0 spiro atoms. The third-order valence-corrected chi connectivity index (χ3v) is 3.79. The molecule has 0 aliphatic carbocycles. The molecule has 1 unspecified atom stereocenters. The van der Waals surface area contributed by atoms with Crippen LogP contribution < -0.4 is 10.6 Å². The lowest BCUT2D eigenvalue weighted by molar-refractivity contribution is 0.185. The molecule has 1 aromatic carbocycles. The van der Waals surface area contributed by atoms with Crippen LogP contribution in [0.15, 0.2) is 36.5 Å². The van der Waals surface area contributed by atoms with Crippen molar-refractivity contribution in [2.45, 2.75) is 13.0 Å². The van der Waals surface area contributed by atoms with Crippen molar-refractivity contribution in [2.75, 3.05) is 19.8 Å². The molecule has 3 rings (SSSR count). The summed E-state index contributed by atoms with van der Waals surface area (Å²) in [6.45, 7) is 2.73. The first-order valence-corrected chi connectivity index (χ1v) is 7.49. The van der Waals surface area contributed by atoms with Crippen molar-refractivity contribution in [3.05, 3.63) is 42.1 Å². The minimum atomic E-state index is -0.135. The number of carbonyl (C=O) groups excluding carboxylic acids is 1. The molecule has 6 heteroatoms. The average molecular weight is 300 g/mol. The number of nitrogens with zero attached hydrogens (tertiary/aromatic N) is 1. The third kappa shape index (κ3) is 3.85. The molecule has 2 heterocycles. The molecule has 1 aromatic heterocycles. The topological polar surface area (TPSA) is 79.0 Å². The summed E-state index contributed by atoms with van der Waals surface area (Å²) in [4.78, 5) is 11.8. The van der Waals surface area contributed by atoms with E-state index >= 15 is 0 Å². The van der Waals surface area contributed by atoms with Gasteiger partial charge in [0.25, 0.3) is 0 Å². The molecule has 0 saturated carbocycles. The van der Waals surface area contributed by atoms with E-state index in [4.69, 9.17) is 4.74 Å². The maximum Gasteiger partial charge on any atom is 0.315 e. The van der Waals surface area contributed by atoms with Crippen LogP contribution in [0.25, 0.3) is 11.3 Å². The van der Waals surface area contributed by atoms with E-state index in [9.17, 15) is 4.79 Å². The van der Waals surface area contributed by atoms with E-state index in [1.807, 2.05) is 30.3 Å². The molecule has 1 aliphatic rings. The second-order valence-electron chi connectivity index (χ2n) is 5.46. The number of amides is 2. The molecule has 2 aromatic rings. The standard InChI is InChI=1S/C16H20N4O2/c21-16(18-10-13-6-8-22-11-13)17-9-12-1-3-14(4-2-12)15-5-7-19-20-15/h1-5,7,13H,6,8-11H2,(H,19,20)(H2,17,18,21). The van der Waals surface area contributed by atoms with Gasteiger partial charge in [-0.1, -0.05) is 24.3 Å². The van der Waals surface area contributed by atoms with Crippen LogP contribution in [0.2, 0.25) is 0 Å². The molecule has 1 saturated heterocycles. The molecule has 0 radical (unpaired) electrons. The summed E-state index contributed by atoms with van der Waals surface area (Å²) in [5.74, 6) is 0.444. The van der Waals surface area contributed by atoms with Gasteiger partial charge < -0.3 is 15.4 Å². The molecular formula is C16H20N4O2. The van der Waals surface area contributed by atoms with Crippen molar-refractivity contribution in [1.82, 2.24) is 20.8 Å². The van der Waals surface area contributed by atoms with Crippen LogP contribution >= 0.6 is 0 Å². The molecule has 1 aliphatic heterocycles. The zero-order valence-corrected chi connectivity index (χ0v) is 12.3. The highest BCUT2D eigenvalue weighted by molar-refractivity contribution is 5.73. The Morgan fingerprint density at radius 2 is 2.14 bits per heavy atom. The van der Waals surface area contributed by atoms with Crippen LogP contribution in [-0.4, -0.2) is 36.0 Å².